The normalized spacial score (nSPS) is 12.0. The number of nitrogens with zero attached hydrogens (tertiary/aromatic N) is 1. The van der Waals surface area contributed by atoms with Gasteiger partial charge in [0.25, 0.3) is 5.91 Å². The fourth-order valence-corrected chi connectivity index (χ4v) is 2.55. The van der Waals surface area contributed by atoms with Crippen LogP contribution in [0.3, 0.4) is 0 Å². The van der Waals surface area contributed by atoms with Gasteiger partial charge in [-0.25, -0.2) is 4.39 Å². The molecule has 0 aliphatic carbocycles. The van der Waals surface area contributed by atoms with Crippen molar-refractivity contribution < 1.29 is 18.7 Å². The molecule has 0 spiro atoms. The molecule has 146 valence electrons. The van der Waals surface area contributed by atoms with E-state index in [9.17, 15) is 9.18 Å². The molecule has 27 heavy (non-hydrogen) atoms. The molecule has 0 bridgehead atoms. The van der Waals surface area contributed by atoms with Gasteiger partial charge in [-0.15, -0.1) is 0 Å². The molecule has 2 aromatic carbocycles. The van der Waals surface area contributed by atoms with Crippen LogP contribution in [0, 0.1) is 5.82 Å². The number of benzene rings is 2. The first kappa shape index (κ1) is 21.0. The Balaban J connectivity index is 2.10. The molecule has 2 aromatic rings. The highest BCUT2D eigenvalue weighted by molar-refractivity contribution is 6.34. The van der Waals surface area contributed by atoms with Crippen LogP contribution in [0.2, 0.25) is 5.02 Å². The highest BCUT2D eigenvalue weighted by Gasteiger charge is 2.18. The van der Waals surface area contributed by atoms with Crippen LogP contribution in [-0.4, -0.2) is 44.7 Å². The van der Waals surface area contributed by atoms with Crippen molar-refractivity contribution in [1.29, 1.82) is 0 Å². The van der Waals surface area contributed by atoms with Gasteiger partial charge in [-0.3, -0.25) is 4.79 Å². The van der Waals surface area contributed by atoms with Crippen LogP contribution < -0.4 is 14.8 Å². The van der Waals surface area contributed by atoms with E-state index in [4.69, 9.17) is 21.1 Å². The third-order valence-corrected chi connectivity index (χ3v) is 4.55. The van der Waals surface area contributed by atoms with Crippen LogP contribution in [0.4, 0.5) is 4.39 Å². The Morgan fingerprint density at radius 3 is 2.63 bits per heavy atom. The van der Waals surface area contributed by atoms with E-state index in [1.54, 1.807) is 24.3 Å². The number of rotatable bonds is 8. The Morgan fingerprint density at radius 1 is 1.26 bits per heavy atom. The van der Waals surface area contributed by atoms with E-state index < -0.39 is 5.82 Å². The maximum atomic E-state index is 13.8. The number of likely N-dealkylation sites (N-methyl/N-ethyl adjacent to an activating group) is 1. The Hall–Kier alpha value is -2.31. The summed E-state index contributed by atoms with van der Waals surface area (Å²) in [5.41, 5.74) is 0.872. The summed E-state index contributed by atoms with van der Waals surface area (Å²) < 4.78 is 24.5. The van der Waals surface area contributed by atoms with Crippen molar-refractivity contribution in [3.8, 4) is 11.5 Å². The average molecular weight is 395 g/mol. The van der Waals surface area contributed by atoms with Crippen molar-refractivity contribution in [2.75, 3.05) is 27.8 Å². The molecule has 0 aliphatic heterocycles. The molecule has 0 saturated carbocycles. The van der Waals surface area contributed by atoms with Crippen LogP contribution in [-0.2, 0) is 6.54 Å². The Bertz CT molecular complexity index is 799. The largest absolute Gasteiger partial charge is 0.494 e. The van der Waals surface area contributed by atoms with Gasteiger partial charge in [-0.2, -0.15) is 0 Å². The smallest absolute Gasteiger partial charge is 0.256 e. The third kappa shape index (κ3) is 5.58. The monoisotopic (exact) mass is 394 g/mol. The van der Waals surface area contributed by atoms with Crippen LogP contribution >= 0.6 is 11.6 Å². The molecular weight excluding hydrogens is 371 g/mol. The van der Waals surface area contributed by atoms with Gasteiger partial charge in [-0.1, -0.05) is 23.7 Å². The maximum absolute atomic E-state index is 13.8. The predicted molar refractivity (Wildman–Crippen MR) is 104 cm³/mol. The molecule has 1 N–H and O–H groups in total. The molecule has 0 fully saturated rings. The van der Waals surface area contributed by atoms with Crippen LogP contribution in [0.15, 0.2) is 36.4 Å². The lowest BCUT2D eigenvalue weighted by molar-refractivity contribution is 0.0945. The summed E-state index contributed by atoms with van der Waals surface area (Å²) in [6.07, 6.45) is 0. The first-order valence-corrected chi connectivity index (χ1v) is 8.89. The molecule has 1 unspecified atom stereocenters. The summed E-state index contributed by atoms with van der Waals surface area (Å²) in [5, 5.41) is 3.05. The highest BCUT2D eigenvalue weighted by atomic mass is 35.5. The second-order valence-electron chi connectivity index (χ2n) is 6.39. The summed E-state index contributed by atoms with van der Waals surface area (Å²) in [6, 6.07) is 9.76. The molecule has 7 heteroatoms. The molecule has 0 heterocycles. The van der Waals surface area contributed by atoms with Crippen LogP contribution in [0.1, 0.15) is 22.8 Å². The number of hydrogen-bond donors (Lipinski definition) is 1. The van der Waals surface area contributed by atoms with Crippen molar-refractivity contribution >= 4 is 17.5 Å². The zero-order valence-electron chi connectivity index (χ0n) is 15.9. The fourth-order valence-electron chi connectivity index (χ4n) is 2.30. The number of carbonyl (C=O) groups is 1. The number of hydrogen-bond acceptors (Lipinski definition) is 4. The minimum Gasteiger partial charge on any atom is -0.494 e. The van der Waals surface area contributed by atoms with Gasteiger partial charge in [0.1, 0.15) is 12.4 Å². The summed E-state index contributed by atoms with van der Waals surface area (Å²) in [7, 11) is 5.30. The van der Waals surface area contributed by atoms with Gasteiger partial charge in [0.05, 0.1) is 17.7 Å². The number of amides is 1. The lowest BCUT2D eigenvalue weighted by atomic mass is 10.1. The minimum absolute atomic E-state index is 0.151. The number of ether oxygens (including phenoxy) is 2. The molecule has 0 saturated heterocycles. The van der Waals surface area contributed by atoms with Crippen LogP contribution in [0.5, 0.6) is 11.5 Å². The molecule has 0 radical (unpaired) electrons. The minimum atomic E-state index is -0.483. The van der Waals surface area contributed by atoms with Gasteiger partial charge < -0.3 is 19.7 Å². The standard InChI is InChI=1S/C20H24ClFN2O3/c1-13(24(2)3)12-27-18-7-5-6-15(21)19(18)20(25)23-11-14-8-9-17(26-4)16(22)10-14/h5-10,13H,11-12H2,1-4H3,(H,23,25). The average Bonchev–Trinajstić information content (AvgIpc) is 2.64. The zero-order valence-corrected chi connectivity index (χ0v) is 16.6. The second kappa shape index (κ2) is 9.58. The molecule has 2 rings (SSSR count). The van der Waals surface area contributed by atoms with E-state index in [-0.39, 0.29) is 29.8 Å². The van der Waals surface area contributed by atoms with Crippen molar-refractivity contribution in [2.24, 2.45) is 0 Å². The Kier molecular flexibility index (Phi) is 7.45. The zero-order chi connectivity index (χ0) is 20.0. The van der Waals surface area contributed by atoms with E-state index in [1.165, 1.54) is 19.2 Å². The fraction of sp³-hybridized carbons (Fsp3) is 0.350. The molecule has 1 amide bonds. The molecule has 5 nitrogen and oxygen atoms in total. The van der Waals surface area contributed by atoms with Gasteiger partial charge in [0.15, 0.2) is 11.6 Å². The highest BCUT2D eigenvalue weighted by Crippen LogP contribution is 2.27. The van der Waals surface area contributed by atoms with Gasteiger partial charge in [0.2, 0.25) is 0 Å². The maximum Gasteiger partial charge on any atom is 0.256 e. The SMILES string of the molecule is COc1ccc(CNC(=O)c2c(Cl)cccc2OCC(C)N(C)C)cc1F. The van der Waals surface area contributed by atoms with Crippen molar-refractivity contribution in [3.05, 3.63) is 58.4 Å². The molecular formula is C20H24ClFN2O3. The van der Waals surface area contributed by atoms with E-state index in [0.29, 0.717) is 22.9 Å². The topological polar surface area (TPSA) is 50.8 Å². The lowest BCUT2D eigenvalue weighted by Crippen LogP contribution is -2.31. The summed E-state index contributed by atoms with van der Waals surface area (Å²) in [6.45, 7) is 2.58. The van der Waals surface area contributed by atoms with Gasteiger partial charge >= 0.3 is 0 Å². The summed E-state index contributed by atoms with van der Waals surface area (Å²) in [4.78, 5) is 14.7. The van der Waals surface area contributed by atoms with Gasteiger partial charge in [0, 0.05) is 12.6 Å². The molecule has 0 aliphatic rings. The van der Waals surface area contributed by atoms with E-state index in [0.717, 1.165) is 0 Å². The first-order valence-electron chi connectivity index (χ1n) is 8.51. The first-order chi connectivity index (χ1) is 12.8. The third-order valence-electron chi connectivity index (χ3n) is 4.23. The number of nitrogens with one attached hydrogen (secondary N) is 1. The Labute approximate surface area is 164 Å². The number of carbonyl (C=O) groups excluding carboxylic acids is 1. The predicted octanol–water partition coefficient (Wildman–Crippen LogP) is 3.75. The Morgan fingerprint density at radius 2 is 2.00 bits per heavy atom. The number of halogens is 2. The lowest BCUT2D eigenvalue weighted by Gasteiger charge is -2.21. The van der Waals surface area contributed by atoms with Gasteiger partial charge in [-0.05, 0) is 50.8 Å². The van der Waals surface area contributed by atoms with Crippen molar-refractivity contribution in [3.63, 3.8) is 0 Å². The quantitative estimate of drug-likeness (QED) is 0.741. The molecule has 0 aromatic heterocycles. The van der Waals surface area contributed by atoms with Crippen LogP contribution in [0.25, 0.3) is 0 Å². The van der Waals surface area contributed by atoms with E-state index in [2.05, 4.69) is 5.32 Å². The van der Waals surface area contributed by atoms with Crippen molar-refractivity contribution in [2.45, 2.75) is 19.5 Å². The second-order valence-corrected chi connectivity index (χ2v) is 6.80. The molecule has 1 atom stereocenters. The number of methoxy groups -OCH3 is 1. The summed E-state index contributed by atoms with van der Waals surface area (Å²) >= 11 is 6.22. The van der Waals surface area contributed by atoms with E-state index >= 15 is 0 Å². The van der Waals surface area contributed by atoms with Crippen molar-refractivity contribution in [1.82, 2.24) is 10.2 Å². The van der Waals surface area contributed by atoms with E-state index in [1.807, 2.05) is 25.9 Å². The summed E-state index contributed by atoms with van der Waals surface area (Å²) in [5.74, 6) is -0.301.